The topological polar surface area (TPSA) is 35.5 Å². The molecule has 0 amide bonds. The molecule has 1 aliphatic rings. The summed E-state index contributed by atoms with van der Waals surface area (Å²) in [6.07, 6.45) is 6.93. The van der Waals surface area contributed by atoms with Crippen molar-refractivity contribution < 1.29 is 14.3 Å². The van der Waals surface area contributed by atoms with Crippen molar-refractivity contribution >= 4 is 17.9 Å². The number of hydrogen-bond donors (Lipinski definition) is 0. The SMILES string of the molecule is COc1c(Cl)cc(CCC=O)cc1OC1CCCC1. The zero-order valence-electron chi connectivity index (χ0n) is 11.2. The first-order valence-corrected chi connectivity index (χ1v) is 7.09. The van der Waals surface area contributed by atoms with Crippen LogP contribution in [0.15, 0.2) is 12.1 Å². The molecule has 1 aliphatic carbocycles. The van der Waals surface area contributed by atoms with Crippen LogP contribution in [0.4, 0.5) is 0 Å². The van der Waals surface area contributed by atoms with E-state index in [0.717, 1.165) is 24.7 Å². The van der Waals surface area contributed by atoms with Crippen molar-refractivity contribution in [1.29, 1.82) is 0 Å². The summed E-state index contributed by atoms with van der Waals surface area (Å²) in [5.41, 5.74) is 1.01. The molecular formula is C15H19ClO3. The van der Waals surface area contributed by atoms with Gasteiger partial charge in [-0.3, -0.25) is 0 Å². The Kier molecular flexibility index (Phi) is 5.08. The molecule has 0 aliphatic heterocycles. The van der Waals surface area contributed by atoms with Crippen molar-refractivity contribution in [3.63, 3.8) is 0 Å². The van der Waals surface area contributed by atoms with Crippen LogP contribution in [0.2, 0.25) is 5.02 Å². The molecule has 104 valence electrons. The number of benzene rings is 1. The van der Waals surface area contributed by atoms with Gasteiger partial charge in [-0.25, -0.2) is 0 Å². The highest BCUT2D eigenvalue weighted by atomic mass is 35.5. The predicted octanol–water partition coefficient (Wildman–Crippen LogP) is 3.80. The van der Waals surface area contributed by atoms with E-state index in [0.29, 0.717) is 29.4 Å². The number of ether oxygens (including phenoxy) is 2. The lowest BCUT2D eigenvalue weighted by atomic mass is 10.1. The molecule has 0 atom stereocenters. The Morgan fingerprint density at radius 2 is 2.11 bits per heavy atom. The molecule has 0 saturated heterocycles. The fraction of sp³-hybridized carbons (Fsp3) is 0.533. The van der Waals surface area contributed by atoms with Crippen LogP contribution in [0.3, 0.4) is 0 Å². The average Bonchev–Trinajstić information content (AvgIpc) is 2.89. The van der Waals surface area contributed by atoms with Gasteiger partial charge in [0.1, 0.15) is 6.29 Å². The standard InChI is InChI=1S/C15H19ClO3/c1-18-15-13(16)9-11(5-4-8-17)10-14(15)19-12-6-2-3-7-12/h8-10,12H,2-7H2,1H3. The third-order valence-electron chi connectivity index (χ3n) is 3.42. The van der Waals surface area contributed by atoms with Crippen LogP contribution in [0.5, 0.6) is 11.5 Å². The van der Waals surface area contributed by atoms with Crippen molar-refractivity contribution in [3.05, 3.63) is 22.7 Å². The second-order valence-corrected chi connectivity index (χ2v) is 5.25. The van der Waals surface area contributed by atoms with E-state index in [4.69, 9.17) is 21.1 Å². The Hall–Kier alpha value is -1.22. The van der Waals surface area contributed by atoms with Gasteiger partial charge in [0.05, 0.1) is 18.2 Å². The van der Waals surface area contributed by atoms with Gasteiger partial charge in [-0.05, 0) is 49.8 Å². The van der Waals surface area contributed by atoms with E-state index >= 15 is 0 Å². The summed E-state index contributed by atoms with van der Waals surface area (Å²) in [5.74, 6) is 1.28. The molecule has 0 bridgehead atoms. The Morgan fingerprint density at radius 3 is 2.74 bits per heavy atom. The Bertz CT molecular complexity index is 439. The van der Waals surface area contributed by atoms with Gasteiger partial charge in [0, 0.05) is 6.42 Å². The minimum atomic E-state index is 0.256. The molecule has 2 rings (SSSR count). The van der Waals surface area contributed by atoms with Crippen LogP contribution in [-0.2, 0) is 11.2 Å². The minimum Gasteiger partial charge on any atom is -0.491 e. The number of methoxy groups -OCH3 is 1. The highest BCUT2D eigenvalue weighted by molar-refractivity contribution is 6.32. The maximum absolute atomic E-state index is 10.5. The molecule has 0 heterocycles. The Morgan fingerprint density at radius 1 is 1.37 bits per heavy atom. The maximum Gasteiger partial charge on any atom is 0.179 e. The lowest BCUT2D eigenvalue weighted by Gasteiger charge is -2.17. The first-order chi connectivity index (χ1) is 9.24. The molecule has 1 aromatic carbocycles. The van der Waals surface area contributed by atoms with Gasteiger partial charge < -0.3 is 14.3 Å². The van der Waals surface area contributed by atoms with Gasteiger partial charge in [0.15, 0.2) is 11.5 Å². The van der Waals surface area contributed by atoms with Gasteiger partial charge in [-0.1, -0.05) is 11.6 Å². The van der Waals surface area contributed by atoms with Crippen LogP contribution < -0.4 is 9.47 Å². The second kappa shape index (κ2) is 6.80. The molecule has 0 aromatic heterocycles. The van der Waals surface area contributed by atoms with Crippen molar-refractivity contribution in [2.24, 2.45) is 0 Å². The molecule has 1 fully saturated rings. The van der Waals surface area contributed by atoms with E-state index in [1.807, 2.05) is 12.1 Å². The number of aryl methyl sites for hydroxylation is 1. The van der Waals surface area contributed by atoms with Gasteiger partial charge >= 0.3 is 0 Å². The number of carbonyl (C=O) groups excluding carboxylic acids is 1. The molecule has 0 unspecified atom stereocenters. The first kappa shape index (κ1) is 14.2. The molecule has 19 heavy (non-hydrogen) atoms. The normalized spacial score (nSPS) is 15.5. The maximum atomic E-state index is 10.5. The quantitative estimate of drug-likeness (QED) is 0.745. The number of rotatable bonds is 6. The Balaban J connectivity index is 2.21. The van der Waals surface area contributed by atoms with E-state index in [9.17, 15) is 4.79 Å². The molecule has 0 N–H and O–H groups in total. The molecule has 4 heteroatoms. The van der Waals surface area contributed by atoms with Crippen LogP contribution >= 0.6 is 11.6 Å². The summed E-state index contributed by atoms with van der Waals surface area (Å²) in [4.78, 5) is 10.5. The van der Waals surface area contributed by atoms with Gasteiger partial charge in [-0.15, -0.1) is 0 Å². The lowest BCUT2D eigenvalue weighted by molar-refractivity contribution is -0.107. The summed E-state index contributed by atoms with van der Waals surface area (Å²) in [5, 5.41) is 0.541. The molecular weight excluding hydrogens is 264 g/mol. The second-order valence-electron chi connectivity index (χ2n) is 4.84. The van der Waals surface area contributed by atoms with Crippen LogP contribution in [0.1, 0.15) is 37.7 Å². The lowest BCUT2D eigenvalue weighted by Crippen LogP contribution is -2.12. The van der Waals surface area contributed by atoms with Crippen molar-refractivity contribution in [3.8, 4) is 11.5 Å². The monoisotopic (exact) mass is 282 g/mol. The third kappa shape index (κ3) is 3.63. The van der Waals surface area contributed by atoms with Crippen LogP contribution in [0, 0.1) is 0 Å². The first-order valence-electron chi connectivity index (χ1n) is 6.71. The molecule has 0 radical (unpaired) electrons. The van der Waals surface area contributed by atoms with E-state index in [1.54, 1.807) is 7.11 Å². The number of hydrogen-bond acceptors (Lipinski definition) is 3. The molecule has 3 nitrogen and oxygen atoms in total. The largest absolute Gasteiger partial charge is 0.491 e. The zero-order chi connectivity index (χ0) is 13.7. The van der Waals surface area contributed by atoms with Gasteiger partial charge in [0.25, 0.3) is 0 Å². The summed E-state index contributed by atoms with van der Waals surface area (Å²) in [7, 11) is 1.59. The zero-order valence-corrected chi connectivity index (χ0v) is 11.9. The summed E-state index contributed by atoms with van der Waals surface area (Å²) in [6.45, 7) is 0. The van der Waals surface area contributed by atoms with Crippen molar-refractivity contribution in [2.75, 3.05) is 7.11 Å². The van der Waals surface area contributed by atoms with E-state index < -0.39 is 0 Å². The van der Waals surface area contributed by atoms with Crippen molar-refractivity contribution in [2.45, 2.75) is 44.6 Å². The fourth-order valence-electron chi connectivity index (χ4n) is 2.46. The Labute approximate surface area is 118 Å². The predicted molar refractivity (Wildman–Crippen MR) is 75.3 cm³/mol. The summed E-state index contributed by atoms with van der Waals surface area (Å²) < 4.78 is 11.3. The third-order valence-corrected chi connectivity index (χ3v) is 3.70. The van der Waals surface area contributed by atoms with Crippen molar-refractivity contribution in [1.82, 2.24) is 0 Å². The van der Waals surface area contributed by atoms with E-state index in [1.165, 1.54) is 12.8 Å². The number of halogens is 1. The highest BCUT2D eigenvalue weighted by Gasteiger charge is 2.20. The van der Waals surface area contributed by atoms with Gasteiger partial charge in [0.2, 0.25) is 0 Å². The summed E-state index contributed by atoms with van der Waals surface area (Å²) in [6, 6.07) is 3.78. The van der Waals surface area contributed by atoms with Gasteiger partial charge in [-0.2, -0.15) is 0 Å². The van der Waals surface area contributed by atoms with Crippen LogP contribution in [-0.4, -0.2) is 19.5 Å². The smallest absolute Gasteiger partial charge is 0.179 e. The number of aldehydes is 1. The molecule has 0 spiro atoms. The average molecular weight is 283 g/mol. The van der Waals surface area contributed by atoms with Crippen LogP contribution in [0.25, 0.3) is 0 Å². The highest BCUT2D eigenvalue weighted by Crippen LogP contribution is 2.38. The number of carbonyl (C=O) groups is 1. The summed E-state index contributed by atoms with van der Waals surface area (Å²) >= 11 is 6.21. The minimum absolute atomic E-state index is 0.256. The van der Waals surface area contributed by atoms with E-state index in [2.05, 4.69) is 0 Å². The molecule has 1 aromatic rings. The molecule has 1 saturated carbocycles. The fourth-order valence-corrected chi connectivity index (χ4v) is 2.77. The van der Waals surface area contributed by atoms with E-state index in [-0.39, 0.29) is 6.10 Å².